The van der Waals surface area contributed by atoms with Gasteiger partial charge in [0.1, 0.15) is 0 Å². The second-order valence-electron chi connectivity index (χ2n) is 4.98. The lowest BCUT2D eigenvalue weighted by molar-refractivity contribution is 0.449. The molecule has 0 spiro atoms. The van der Waals surface area contributed by atoms with E-state index in [1.54, 1.807) is 0 Å². The van der Waals surface area contributed by atoms with Crippen LogP contribution in [0.2, 0.25) is 0 Å². The summed E-state index contributed by atoms with van der Waals surface area (Å²) in [7, 11) is 0. The zero-order valence-corrected chi connectivity index (χ0v) is 10.9. The molecule has 0 aromatic carbocycles. The third-order valence-electron chi connectivity index (χ3n) is 3.67. The van der Waals surface area contributed by atoms with Crippen molar-refractivity contribution in [2.75, 3.05) is 11.4 Å². The Morgan fingerprint density at radius 1 is 1.47 bits per heavy atom. The summed E-state index contributed by atoms with van der Waals surface area (Å²) in [5, 5.41) is 0. The Morgan fingerprint density at radius 3 is 2.88 bits per heavy atom. The van der Waals surface area contributed by atoms with E-state index < -0.39 is 0 Å². The van der Waals surface area contributed by atoms with Gasteiger partial charge in [0, 0.05) is 18.6 Å². The van der Waals surface area contributed by atoms with Crippen LogP contribution in [0.5, 0.6) is 0 Å². The number of nitrogens with two attached hydrogens (primary N) is 1. The average Bonchev–Trinajstić information content (AvgIpc) is 2.39. The van der Waals surface area contributed by atoms with Crippen LogP contribution in [0.15, 0.2) is 18.3 Å². The molecule has 1 saturated heterocycles. The lowest BCUT2D eigenvalue weighted by Gasteiger charge is -2.37. The zero-order chi connectivity index (χ0) is 12.3. The molecule has 1 unspecified atom stereocenters. The van der Waals surface area contributed by atoms with Gasteiger partial charge in [-0.25, -0.2) is 0 Å². The molecule has 1 aliphatic heterocycles. The summed E-state index contributed by atoms with van der Waals surface area (Å²) >= 11 is 0. The summed E-state index contributed by atoms with van der Waals surface area (Å²) in [6.45, 7) is 5.40. The van der Waals surface area contributed by atoms with E-state index in [1.807, 2.05) is 13.1 Å². The molecular formula is C14H23N3. The summed E-state index contributed by atoms with van der Waals surface area (Å²) in [5.41, 5.74) is 8.04. The van der Waals surface area contributed by atoms with Crippen molar-refractivity contribution in [3.8, 4) is 0 Å². The van der Waals surface area contributed by atoms with Crippen molar-refractivity contribution in [3.63, 3.8) is 0 Å². The largest absolute Gasteiger partial charge is 0.367 e. The molecule has 17 heavy (non-hydrogen) atoms. The fraction of sp³-hybridized carbons (Fsp3) is 0.643. The van der Waals surface area contributed by atoms with Gasteiger partial charge in [0.05, 0.1) is 17.6 Å². The van der Waals surface area contributed by atoms with Gasteiger partial charge < -0.3 is 10.6 Å². The molecule has 94 valence electrons. The first-order valence-corrected chi connectivity index (χ1v) is 6.70. The topological polar surface area (TPSA) is 42.1 Å². The van der Waals surface area contributed by atoms with Gasteiger partial charge in [0.15, 0.2) is 0 Å². The van der Waals surface area contributed by atoms with E-state index in [2.05, 4.69) is 28.9 Å². The monoisotopic (exact) mass is 233 g/mol. The summed E-state index contributed by atoms with van der Waals surface area (Å²) < 4.78 is 0. The number of hydrogen-bond donors (Lipinski definition) is 1. The Kier molecular flexibility index (Phi) is 4.00. The molecule has 2 rings (SSSR count). The minimum atomic E-state index is 0.0207. The van der Waals surface area contributed by atoms with Crippen LogP contribution in [0.1, 0.15) is 51.3 Å². The maximum Gasteiger partial charge on any atom is 0.0569 e. The highest BCUT2D eigenvalue weighted by molar-refractivity contribution is 5.46. The fourth-order valence-corrected chi connectivity index (χ4v) is 2.60. The van der Waals surface area contributed by atoms with Crippen LogP contribution in [0, 0.1) is 0 Å². The molecule has 2 heterocycles. The number of anilines is 1. The maximum absolute atomic E-state index is 5.82. The van der Waals surface area contributed by atoms with Crippen LogP contribution in [0.25, 0.3) is 0 Å². The van der Waals surface area contributed by atoms with Crippen molar-refractivity contribution >= 4 is 5.69 Å². The molecule has 1 fully saturated rings. The highest BCUT2D eigenvalue weighted by Crippen LogP contribution is 2.26. The summed E-state index contributed by atoms with van der Waals surface area (Å²) in [4.78, 5) is 6.96. The lowest BCUT2D eigenvalue weighted by Crippen LogP contribution is -2.39. The first-order valence-electron chi connectivity index (χ1n) is 6.70. The Hall–Kier alpha value is -1.09. The van der Waals surface area contributed by atoms with Crippen LogP contribution in [0.3, 0.4) is 0 Å². The Morgan fingerprint density at radius 2 is 2.29 bits per heavy atom. The second kappa shape index (κ2) is 5.50. The van der Waals surface area contributed by atoms with Crippen molar-refractivity contribution in [1.82, 2.24) is 4.98 Å². The molecule has 0 radical (unpaired) electrons. The van der Waals surface area contributed by atoms with E-state index in [0.717, 1.165) is 12.2 Å². The van der Waals surface area contributed by atoms with Gasteiger partial charge in [-0.15, -0.1) is 0 Å². The highest BCUT2D eigenvalue weighted by atomic mass is 15.2. The van der Waals surface area contributed by atoms with Crippen molar-refractivity contribution in [2.24, 2.45) is 5.73 Å². The highest BCUT2D eigenvalue weighted by Gasteiger charge is 2.21. The molecule has 1 aromatic heterocycles. The van der Waals surface area contributed by atoms with Crippen LogP contribution in [-0.2, 0) is 0 Å². The number of rotatable bonds is 3. The van der Waals surface area contributed by atoms with Crippen LogP contribution in [0.4, 0.5) is 5.69 Å². The van der Waals surface area contributed by atoms with Gasteiger partial charge in [-0.1, -0.05) is 6.92 Å². The molecule has 1 aromatic rings. The van der Waals surface area contributed by atoms with E-state index in [9.17, 15) is 0 Å². The molecule has 0 aliphatic carbocycles. The van der Waals surface area contributed by atoms with Gasteiger partial charge in [0.2, 0.25) is 0 Å². The fourth-order valence-electron chi connectivity index (χ4n) is 2.60. The normalized spacial score (nSPS) is 22.5. The quantitative estimate of drug-likeness (QED) is 0.873. The van der Waals surface area contributed by atoms with Crippen LogP contribution in [-0.4, -0.2) is 17.6 Å². The third-order valence-corrected chi connectivity index (χ3v) is 3.67. The number of nitrogens with zero attached hydrogens (tertiary/aromatic N) is 2. The van der Waals surface area contributed by atoms with Crippen LogP contribution >= 0.6 is 0 Å². The zero-order valence-electron chi connectivity index (χ0n) is 10.9. The summed E-state index contributed by atoms with van der Waals surface area (Å²) in [6, 6.07) is 4.93. The Bertz CT molecular complexity index is 345. The molecule has 0 bridgehead atoms. The van der Waals surface area contributed by atoms with Gasteiger partial charge in [-0.05, 0) is 44.7 Å². The molecular weight excluding hydrogens is 210 g/mol. The number of aromatic nitrogens is 1. The van der Waals surface area contributed by atoms with E-state index in [4.69, 9.17) is 5.73 Å². The summed E-state index contributed by atoms with van der Waals surface area (Å²) in [6.07, 6.45) is 7.17. The summed E-state index contributed by atoms with van der Waals surface area (Å²) in [5.74, 6) is 0. The van der Waals surface area contributed by atoms with Gasteiger partial charge >= 0.3 is 0 Å². The first kappa shape index (κ1) is 12.4. The van der Waals surface area contributed by atoms with E-state index in [1.165, 1.54) is 31.4 Å². The Balaban J connectivity index is 2.15. The number of pyridine rings is 1. The van der Waals surface area contributed by atoms with E-state index >= 15 is 0 Å². The van der Waals surface area contributed by atoms with Crippen molar-refractivity contribution in [3.05, 3.63) is 24.0 Å². The molecule has 1 aliphatic rings. The smallest absolute Gasteiger partial charge is 0.0569 e. The molecule has 0 amide bonds. The van der Waals surface area contributed by atoms with Gasteiger partial charge in [0.25, 0.3) is 0 Å². The first-order chi connectivity index (χ1) is 8.22. The second-order valence-corrected chi connectivity index (χ2v) is 4.98. The van der Waals surface area contributed by atoms with Crippen molar-refractivity contribution in [2.45, 2.75) is 51.6 Å². The van der Waals surface area contributed by atoms with Crippen molar-refractivity contribution in [1.29, 1.82) is 0 Å². The van der Waals surface area contributed by atoms with Crippen molar-refractivity contribution < 1.29 is 0 Å². The van der Waals surface area contributed by atoms with Crippen LogP contribution < -0.4 is 10.6 Å². The lowest BCUT2D eigenvalue weighted by atomic mass is 9.99. The minimum absolute atomic E-state index is 0.0207. The molecule has 0 saturated carbocycles. The average molecular weight is 233 g/mol. The predicted octanol–water partition coefficient (Wildman–Crippen LogP) is 2.87. The SMILES string of the molecule is CCC1CCCCN1c1ccc([C@H](C)N)nc1. The minimum Gasteiger partial charge on any atom is -0.367 e. The Labute approximate surface area is 104 Å². The van der Waals surface area contributed by atoms with Gasteiger partial charge in [-0.3, -0.25) is 4.98 Å². The molecule has 3 heteroatoms. The third kappa shape index (κ3) is 2.78. The van der Waals surface area contributed by atoms with Gasteiger partial charge in [-0.2, -0.15) is 0 Å². The predicted molar refractivity (Wildman–Crippen MR) is 72.1 cm³/mol. The molecule has 3 nitrogen and oxygen atoms in total. The standard InChI is InChI=1S/C14H23N3/c1-3-12-6-4-5-9-17(12)13-7-8-14(11(2)15)16-10-13/h7-8,10-12H,3-6,9,15H2,1-2H3/t11-,12?/m0/s1. The number of piperidine rings is 1. The van der Waals surface area contributed by atoms with E-state index in [0.29, 0.717) is 6.04 Å². The maximum atomic E-state index is 5.82. The van der Waals surface area contributed by atoms with E-state index in [-0.39, 0.29) is 6.04 Å². The molecule has 2 atom stereocenters. The number of hydrogen-bond acceptors (Lipinski definition) is 3. The molecule has 2 N–H and O–H groups in total.